The Hall–Kier alpha value is -0.260. The van der Waals surface area contributed by atoms with E-state index < -0.39 is 10.8 Å². The average molecular weight is 232 g/mol. The van der Waals surface area contributed by atoms with Gasteiger partial charge in [0.05, 0.1) is 5.01 Å². The summed E-state index contributed by atoms with van der Waals surface area (Å²) in [4.78, 5) is 5.44. The van der Waals surface area contributed by atoms with Crippen molar-refractivity contribution < 1.29 is 4.21 Å². The Morgan fingerprint density at radius 3 is 3.00 bits per heavy atom. The molecule has 1 heterocycles. The number of aryl methyl sites for hydroxylation is 1. The van der Waals surface area contributed by atoms with Crippen LogP contribution in [0.2, 0.25) is 0 Å². The van der Waals surface area contributed by atoms with Gasteiger partial charge >= 0.3 is 0 Å². The van der Waals surface area contributed by atoms with Gasteiger partial charge in [0, 0.05) is 40.4 Å². The van der Waals surface area contributed by atoms with Gasteiger partial charge in [-0.05, 0) is 19.9 Å². The van der Waals surface area contributed by atoms with Crippen LogP contribution >= 0.6 is 11.3 Å². The fraction of sp³-hybridized carbons (Fsp3) is 0.667. The summed E-state index contributed by atoms with van der Waals surface area (Å²) in [5.74, 6) is 0.786. The summed E-state index contributed by atoms with van der Waals surface area (Å²) in [6.45, 7) is 3.81. The first-order valence-electron chi connectivity index (χ1n) is 4.60. The van der Waals surface area contributed by atoms with E-state index >= 15 is 0 Å². The maximum Gasteiger partial charge on any atom is 0.0897 e. The Balaban J connectivity index is 2.07. The second-order valence-corrected chi connectivity index (χ2v) is 6.03. The van der Waals surface area contributed by atoms with Crippen LogP contribution in [0.4, 0.5) is 0 Å². The van der Waals surface area contributed by atoms with Crippen molar-refractivity contribution in [1.29, 1.82) is 0 Å². The Morgan fingerprint density at radius 1 is 1.64 bits per heavy atom. The molecule has 1 aromatic heterocycles. The van der Waals surface area contributed by atoms with Crippen LogP contribution in [0.5, 0.6) is 0 Å². The predicted molar refractivity (Wildman–Crippen MR) is 62.1 cm³/mol. The Labute approximate surface area is 91.4 Å². The maximum atomic E-state index is 10.8. The highest BCUT2D eigenvalue weighted by atomic mass is 32.2. The van der Waals surface area contributed by atoms with Crippen LogP contribution < -0.4 is 5.32 Å². The lowest BCUT2D eigenvalue weighted by atomic mass is 10.4. The van der Waals surface area contributed by atoms with Crippen molar-refractivity contribution in [3.63, 3.8) is 0 Å². The highest BCUT2D eigenvalue weighted by Gasteiger charge is 1.97. The molecule has 0 radical (unpaired) electrons. The van der Waals surface area contributed by atoms with E-state index in [4.69, 9.17) is 0 Å². The number of rotatable bonds is 6. The summed E-state index contributed by atoms with van der Waals surface area (Å²) in [7, 11) is -0.659. The molecule has 3 nitrogen and oxygen atoms in total. The van der Waals surface area contributed by atoms with Crippen LogP contribution in [0.3, 0.4) is 0 Å². The maximum absolute atomic E-state index is 10.8. The largest absolute Gasteiger partial charge is 0.312 e. The number of hydrogen-bond acceptors (Lipinski definition) is 4. The van der Waals surface area contributed by atoms with Gasteiger partial charge in [0.2, 0.25) is 0 Å². The van der Waals surface area contributed by atoms with Crippen molar-refractivity contribution in [2.24, 2.45) is 0 Å². The summed E-state index contributed by atoms with van der Waals surface area (Å²) < 4.78 is 10.8. The van der Waals surface area contributed by atoms with E-state index in [1.807, 2.05) is 13.1 Å². The van der Waals surface area contributed by atoms with Gasteiger partial charge in [0.15, 0.2) is 0 Å². The first-order chi connectivity index (χ1) is 6.68. The van der Waals surface area contributed by atoms with Crippen LogP contribution in [0, 0.1) is 6.92 Å². The molecule has 0 spiro atoms. The normalized spacial score (nSPS) is 13.0. The van der Waals surface area contributed by atoms with Gasteiger partial charge in [-0.1, -0.05) is 0 Å². The van der Waals surface area contributed by atoms with Gasteiger partial charge in [-0.3, -0.25) is 4.21 Å². The van der Waals surface area contributed by atoms with E-state index in [0.717, 1.165) is 30.3 Å². The van der Waals surface area contributed by atoms with Crippen LogP contribution in [0.25, 0.3) is 0 Å². The monoisotopic (exact) mass is 232 g/mol. The molecule has 1 rings (SSSR count). The molecular formula is C9H16N2OS2. The zero-order valence-corrected chi connectivity index (χ0v) is 10.2. The number of aromatic nitrogens is 1. The summed E-state index contributed by atoms with van der Waals surface area (Å²) in [6, 6.07) is 0. The van der Waals surface area contributed by atoms with E-state index in [9.17, 15) is 4.21 Å². The SMILES string of the molecule is Cc1ncc(CNCCCS(C)=O)s1. The van der Waals surface area contributed by atoms with Gasteiger partial charge < -0.3 is 5.32 Å². The van der Waals surface area contributed by atoms with Crippen LogP contribution in [-0.4, -0.2) is 27.7 Å². The minimum Gasteiger partial charge on any atom is -0.312 e. The number of hydrogen-bond donors (Lipinski definition) is 1. The first kappa shape index (κ1) is 11.8. The summed E-state index contributed by atoms with van der Waals surface area (Å²) in [6.07, 6.45) is 4.62. The quantitative estimate of drug-likeness (QED) is 0.752. The Morgan fingerprint density at radius 2 is 2.43 bits per heavy atom. The Bertz CT molecular complexity index is 299. The predicted octanol–water partition coefficient (Wildman–Crippen LogP) is 1.31. The lowest BCUT2D eigenvalue weighted by molar-refractivity contribution is 0.665. The second-order valence-electron chi connectivity index (χ2n) is 3.15. The highest BCUT2D eigenvalue weighted by molar-refractivity contribution is 7.84. The molecule has 5 heteroatoms. The Kier molecular flexibility index (Phi) is 5.29. The molecule has 0 aromatic carbocycles. The fourth-order valence-electron chi connectivity index (χ4n) is 1.10. The van der Waals surface area contributed by atoms with Crippen LogP contribution in [0.15, 0.2) is 6.20 Å². The molecule has 1 unspecified atom stereocenters. The minimum absolute atomic E-state index is 0.659. The molecule has 1 aromatic rings. The lowest BCUT2D eigenvalue weighted by Gasteiger charge is -2.00. The molecule has 0 amide bonds. The third kappa shape index (κ3) is 4.83. The van der Waals surface area contributed by atoms with E-state index in [0.29, 0.717) is 0 Å². The standard InChI is InChI=1S/C9H16N2OS2/c1-8-11-7-9(13-8)6-10-4-3-5-14(2)12/h7,10H,3-6H2,1-2H3. The van der Waals surface area contributed by atoms with Crippen molar-refractivity contribution in [3.05, 3.63) is 16.1 Å². The smallest absolute Gasteiger partial charge is 0.0897 e. The number of nitrogens with one attached hydrogen (secondary N) is 1. The van der Waals surface area contributed by atoms with Gasteiger partial charge in [-0.2, -0.15) is 0 Å². The van der Waals surface area contributed by atoms with Gasteiger partial charge in [-0.25, -0.2) is 4.98 Å². The molecule has 0 aliphatic carbocycles. The molecule has 1 atom stereocenters. The van der Waals surface area contributed by atoms with Crippen molar-refractivity contribution in [2.75, 3.05) is 18.6 Å². The zero-order chi connectivity index (χ0) is 10.4. The third-order valence-electron chi connectivity index (χ3n) is 1.75. The molecule has 80 valence electrons. The molecule has 0 saturated heterocycles. The molecule has 0 bridgehead atoms. The van der Waals surface area contributed by atoms with Crippen molar-refractivity contribution >= 4 is 22.1 Å². The molecule has 0 aliphatic heterocycles. The van der Waals surface area contributed by atoms with E-state index in [1.165, 1.54) is 4.88 Å². The fourth-order valence-corrected chi connectivity index (χ4v) is 2.41. The topological polar surface area (TPSA) is 42.0 Å². The van der Waals surface area contributed by atoms with E-state index in [-0.39, 0.29) is 0 Å². The molecule has 0 saturated carbocycles. The zero-order valence-electron chi connectivity index (χ0n) is 8.58. The molecule has 0 aliphatic rings. The van der Waals surface area contributed by atoms with E-state index in [1.54, 1.807) is 17.6 Å². The highest BCUT2D eigenvalue weighted by Crippen LogP contribution is 2.10. The molecule has 1 N–H and O–H groups in total. The molecule has 0 fully saturated rings. The third-order valence-corrected chi connectivity index (χ3v) is 3.53. The summed E-state index contributed by atoms with van der Waals surface area (Å²) in [5, 5.41) is 4.41. The van der Waals surface area contributed by atoms with Crippen molar-refractivity contribution in [1.82, 2.24) is 10.3 Å². The molecule has 14 heavy (non-hydrogen) atoms. The number of thiazole rings is 1. The van der Waals surface area contributed by atoms with Gasteiger partial charge in [-0.15, -0.1) is 11.3 Å². The average Bonchev–Trinajstić information content (AvgIpc) is 2.50. The second kappa shape index (κ2) is 6.27. The summed E-state index contributed by atoms with van der Waals surface area (Å²) >= 11 is 1.72. The summed E-state index contributed by atoms with van der Waals surface area (Å²) in [5.41, 5.74) is 0. The number of nitrogens with zero attached hydrogens (tertiary/aromatic N) is 1. The molecular weight excluding hydrogens is 216 g/mol. The van der Waals surface area contributed by atoms with E-state index in [2.05, 4.69) is 10.3 Å². The lowest BCUT2D eigenvalue weighted by Crippen LogP contribution is -2.15. The van der Waals surface area contributed by atoms with Crippen LogP contribution in [-0.2, 0) is 17.3 Å². The van der Waals surface area contributed by atoms with Crippen molar-refractivity contribution in [2.45, 2.75) is 19.9 Å². The van der Waals surface area contributed by atoms with Gasteiger partial charge in [0.1, 0.15) is 0 Å². The minimum atomic E-state index is -0.659. The first-order valence-corrected chi connectivity index (χ1v) is 7.15. The van der Waals surface area contributed by atoms with Crippen LogP contribution in [0.1, 0.15) is 16.3 Å². The van der Waals surface area contributed by atoms with Crippen molar-refractivity contribution in [3.8, 4) is 0 Å². The van der Waals surface area contributed by atoms with Gasteiger partial charge in [0.25, 0.3) is 0 Å².